The predicted molar refractivity (Wildman–Crippen MR) is 200 cm³/mol. The summed E-state index contributed by atoms with van der Waals surface area (Å²) in [4.78, 5) is 45.2. The topological polar surface area (TPSA) is 227 Å². The molecule has 2 unspecified atom stereocenters. The van der Waals surface area contributed by atoms with Crippen LogP contribution in [0, 0.1) is 0 Å². The maximum Gasteiger partial charge on any atom is 0.339 e. The molecule has 0 amide bonds. The maximum atomic E-state index is 11.5. The summed E-state index contributed by atoms with van der Waals surface area (Å²) in [6.45, 7) is 14.7. The molecular formula is C40H54O14. The van der Waals surface area contributed by atoms with Crippen LogP contribution in [0.3, 0.4) is 0 Å². The number of carbonyl (C=O) groups is 4. The molecule has 14 nitrogen and oxygen atoms in total. The fourth-order valence-corrected chi connectivity index (χ4v) is 4.41. The van der Waals surface area contributed by atoms with Crippen LogP contribution in [0.15, 0.2) is 84.4 Å². The number of unbranched alkanes of at least 4 members (excludes halogenated alkanes) is 6. The molecule has 0 fully saturated rings. The molecule has 0 aromatic heterocycles. The number of ether oxygens (including phenoxy) is 4. The number of aliphatic hydroxyl groups excluding tert-OH is 2. The average molecular weight is 759 g/mol. The number of carboxylic acids is 2. The Bertz CT molecular complexity index is 1480. The normalized spacial score (nSPS) is 18.3. The summed E-state index contributed by atoms with van der Waals surface area (Å²) < 4.78 is 20.6. The van der Waals surface area contributed by atoms with Gasteiger partial charge in [-0.05, 0) is 75.3 Å². The summed E-state index contributed by atoms with van der Waals surface area (Å²) in [6, 6.07) is 2.51. The van der Waals surface area contributed by atoms with E-state index in [2.05, 4.69) is 27.0 Å². The van der Waals surface area contributed by atoms with Crippen LogP contribution >= 0.6 is 0 Å². The molecule has 6 N–H and O–H groups in total. The zero-order valence-electron chi connectivity index (χ0n) is 31.5. The van der Waals surface area contributed by atoms with Crippen LogP contribution in [0.4, 0.5) is 0 Å². The molecule has 54 heavy (non-hydrogen) atoms. The largest absolute Gasteiger partial charge is 0.508 e. The van der Waals surface area contributed by atoms with Crippen LogP contribution in [-0.4, -0.2) is 79.3 Å². The van der Waals surface area contributed by atoms with Crippen molar-refractivity contribution in [3.05, 3.63) is 95.5 Å². The molecular weight excluding hydrogens is 704 g/mol. The first-order valence-electron chi connectivity index (χ1n) is 17.7. The van der Waals surface area contributed by atoms with Crippen LogP contribution < -0.4 is 9.47 Å². The third kappa shape index (κ3) is 17.5. The first kappa shape index (κ1) is 46.7. The van der Waals surface area contributed by atoms with Crippen molar-refractivity contribution in [2.24, 2.45) is 0 Å². The van der Waals surface area contributed by atoms with Crippen molar-refractivity contribution in [1.82, 2.24) is 0 Å². The Morgan fingerprint density at radius 2 is 1.00 bits per heavy atom. The van der Waals surface area contributed by atoms with Crippen molar-refractivity contribution in [1.29, 1.82) is 0 Å². The van der Waals surface area contributed by atoms with Gasteiger partial charge in [0.05, 0.1) is 13.2 Å². The number of esters is 2. The van der Waals surface area contributed by atoms with Gasteiger partial charge >= 0.3 is 23.9 Å². The molecule has 0 heterocycles. The first-order valence-corrected chi connectivity index (χ1v) is 17.7. The lowest BCUT2D eigenvalue weighted by Gasteiger charge is -2.25. The van der Waals surface area contributed by atoms with Gasteiger partial charge in [0, 0.05) is 24.0 Å². The average Bonchev–Trinajstić information content (AvgIpc) is 3.11. The standard InChI is InChI=1S/C20H30O6.2C10H12O4/c1-3-5-7-9-11-25-17-13-16(20(23)24)18(14-15(17)19(21)22)26-12-10-8-6-4-2;2*1-7(2)9(12)14-10(13)5-3-8(11)4-6-10/h13-14H,3-12H2,1-2H3,(H,21,22)(H,23,24);2*3-5,11,13H,1,6H2,2H3. The summed E-state index contributed by atoms with van der Waals surface area (Å²) in [7, 11) is 0. The van der Waals surface area contributed by atoms with Gasteiger partial charge < -0.3 is 49.6 Å². The summed E-state index contributed by atoms with van der Waals surface area (Å²) in [5.41, 5.74) is 0.277. The van der Waals surface area contributed by atoms with E-state index in [0.29, 0.717) is 13.2 Å². The molecule has 0 bridgehead atoms. The van der Waals surface area contributed by atoms with Crippen LogP contribution in [0.2, 0.25) is 0 Å². The zero-order chi connectivity index (χ0) is 40.9. The number of allylic oxidation sites excluding steroid dienone is 2. The Labute approximate surface area is 316 Å². The van der Waals surface area contributed by atoms with Crippen molar-refractivity contribution in [3.8, 4) is 11.5 Å². The lowest BCUT2D eigenvalue weighted by molar-refractivity contribution is -0.186. The highest BCUT2D eigenvalue weighted by molar-refractivity contribution is 5.97. The van der Waals surface area contributed by atoms with Gasteiger partial charge in [-0.1, -0.05) is 65.5 Å². The first-order chi connectivity index (χ1) is 25.4. The molecule has 0 saturated heterocycles. The van der Waals surface area contributed by atoms with E-state index >= 15 is 0 Å². The molecule has 0 spiro atoms. The Balaban J connectivity index is 0.000000440. The predicted octanol–water partition coefficient (Wildman–Crippen LogP) is 7.39. The maximum absolute atomic E-state index is 11.5. The highest BCUT2D eigenvalue weighted by atomic mass is 16.7. The fraction of sp³-hybridized carbons (Fsp3) is 0.450. The number of aliphatic hydroxyl groups is 4. The molecule has 2 atom stereocenters. The Morgan fingerprint density at radius 1 is 0.648 bits per heavy atom. The minimum atomic E-state index is -1.66. The van der Waals surface area contributed by atoms with Gasteiger partial charge in [0.25, 0.3) is 0 Å². The second-order valence-corrected chi connectivity index (χ2v) is 12.6. The molecule has 2 aliphatic carbocycles. The van der Waals surface area contributed by atoms with Gasteiger partial charge in [0.1, 0.15) is 34.1 Å². The third-order valence-corrected chi connectivity index (χ3v) is 7.53. The molecule has 1 aromatic rings. The van der Waals surface area contributed by atoms with E-state index < -0.39 is 35.5 Å². The Kier molecular flexibility index (Phi) is 20.2. The quantitative estimate of drug-likeness (QED) is 0.0371. The van der Waals surface area contributed by atoms with E-state index in [1.54, 1.807) is 0 Å². The van der Waals surface area contributed by atoms with E-state index in [1.807, 2.05) is 0 Å². The zero-order valence-corrected chi connectivity index (χ0v) is 31.5. The third-order valence-electron chi connectivity index (χ3n) is 7.53. The molecule has 298 valence electrons. The fourth-order valence-electron chi connectivity index (χ4n) is 4.41. The molecule has 0 radical (unpaired) electrons. The number of carboxylic acid groups (broad SMARTS) is 2. The van der Waals surface area contributed by atoms with Gasteiger partial charge in [-0.3, -0.25) is 0 Å². The molecule has 14 heteroatoms. The Morgan fingerprint density at radius 3 is 1.26 bits per heavy atom. The van der Waals surface area contributed by atoms with Crippen LogP contribution in [0.1, 0.15) is 113 Å². The molecule has 0 saturated carbocycles. The van der Waals surface area contributed by atoms with Gasteiger partial charge in [0.2, 0.25) is 11.6 Å². The molecule has 3 rings (SSSR count). The van der Waals surface area contributed by atoms with E-state index in [0.717, 1.165) is 51.4 Å². The monoisotopic (exact) mass is 758 g/mol. The molecule has 0 aliphatic heterocycles. The SMILES string of the molecule is C=C(C)C(=O)OC1(O)C=CC(O)=CC1.C=C(C)C(=O)OC1(O)C=CC(O)=CC1.CCCCCCOc1cc(C(=O)O)c(OCCCCCC)cc1C(=O)O. The van der Waals surface area contributed by atoms with Crippen LogP contribution in [0.5, 0.6) is 11.5 Å². The summed E-state index contributed by atoms with van der Waals surface area (Å²) in [5.74, 6) is -6.75. The van der Waals surface area contributed by atoms with E-state index in [1.165, 1.54) is 62.4 Å². The van der Waals surface area contributed by atoms with Crippen molar-refractivity contribution in [2.45, 2.75) is 103 Å². The van der Waals surface area contributed by atoms with E-state index in [9.17, 15) is 39.6 Å². The summed E-state index contributed by atoms with van der Waals surface area (Å²) in [6.07, 6.45) is 15.7. The number of carbonyl (C=O) groups excluding carboxylic acids is 2. The summed E-state index contributed by atoms with van der Waals surface area (Å²) >= 11 is 0. The van der Waals surface area contributed by atoms with Crippen LogP contribution in [0.25, 0.3) is 0 Å². The smallest absolute Gasteiger partial charge is 0.339 e. The highest BCUT2D eigenvalue weighted by Gasteiger charge is 2.31. The van der Waals surface area contributed by atoms with Gasteiger partial charge in [-0.15, -0.1) is 0 Å². The van der Waals surface area contributed by atoms with Crippen LogP contribution in [-0.2, 0) is 19.1 Å². The van der Waals surface area contributed by atoms with Crippen molar-refractivity contribution in [2.75, 3.05) is 13.2 Å². The minimum Gasteiger partial charge on any atom is -0.508 e. The summed E-state index contributed by atoms with van der Waals surface area (Å²) in [5, 5.41) is 56.2. The second-order valence-electron chi connectivity index (χ2n) is 12.6. The lowest BCUT2D eigenvalue weighted by atomic mass is 10.1. The molecule has 1 aromatic carbocycles. The second kappa shape index (κ2) is 23.4. The van der Waals surface area contributed by atoms with E-state index in [4.69, 9.17) is 29.2 Å². The van der Waals surface area contributed by atoms with E-state index in [-0.39, 0.29) is 58.1 Å². The van der Waals surface area contributed by atoms with Gasteiger partial charge in [-0.25, -0.2) is 19.2 Å². The van der Waals surface area contributed by atoms with Crippen molar-refractivity contribution < 1.29 is 68.8 Å². The number of benzene rings is 1. The minimum absolute atomic E-state index is 0.0361. The molecule has 2 aliphatic rings. The van der Waals surface area contributed by atoms with Crippen molar-refractivity contribution in [3.63, 3.8) is 0 Å². The number of aromatic carboxylic acids is 2. The van der Waals surface area contributed by atoms with Gasteiger partial charge in [-0.2, -0.15) is 0 Å². The number of hydrogen-bond acceptors (Lipinski definition) is 12. The number of rotatable bonds is 18. The highest BCUT2D eigenvalue weighted by Crippen LogP contribution is 2.30. The lowest BCUT2D eigenvalue weighted by Crippen LogP contribution is -2.33. The van der Waals surface area contributed by atoms with Crippen molar-refractivity contribution >= 4 is 23.9 Å². The van der Waals surface area contributed by atoms with Gasteiger partial charge in [0.15, 0.2) is 0 Å². The Hall–Kier alpha value is -5.34. The number of hydrogen-bond donors (Lipinski definition) is 6.